The first-order valence-electron chi connectivity index (χ1n) is 6.25. The van der Waals surface area contributed by atoms with Gasteiger partial charge in [-0.1, -0.05) is 23.7 Å². The van der Waals surface area contributed by atoms with Gasteiger partial charge in [-0.05, 0) is 36.4 Å². The summed E-state index contributed by atoms with van der Waals surface area (Å²) in [5.74, 6) is -0.146. The van der Waals surface area contributed by atoms with Crippen molar-refractivity contribution in [1.82, 2.24) is 0 Å². The molecule has 0 radical (unpaired) electrons. The van der Waals surface area contributed by atoms with Gasteiger partial charge < -0.3 is 16.0 Å². The van der Waals surface area contributed by atoms with Crippen LogP contribution in [0.4, 0.5) is 21.9 Å². The number of benzene rings is 2. The van der Waals surface area contributed by atoms with Crippen LogP contribution in [-0.4, -0.2) is 11.9 Å². The first-order valence-corrected chi connectivity index (χ1v) is 6.62. The molecule has 0 atom stereocenters. The third-order valence-electron chi connectivity index (χ3n) is 2.59. The Balaban J connectivity index is 1.96. The van der Waals surface area contributed by atoms with Crippen molar-refractivity contribution in [2.24, 2.45) is 0 Å². The fourth-order valence-corrected chi connectivity index (χ4v) is 1.87. The van der Waals surface area contributed by atoms with Crippen molar-refractivity contribution in [2.45, 2.75) is 6.92 Å². The molecule has 0 bridgehead atoms. The van der Waals surface area contributed by atoms with E-state index < -0.39 is 6.03 Å². The van der Waals surface area contributed by atoms with Crippen LogP contribution in [0.5, 0.6) is 0 Å². The van der Waals surface area contributed by atoms with Crippen molar-refractivity contribution in [3.05, 3.63) is 53.6 Å². The zero-order valence-electron chi connectivity index (χ0n) is 11.3. The Morgan fingerprint density at radius 2 is 1.43 bits per heavy atom. The number of amides is 3. The van der Waals surface area contributed by atoms with E-state index in [1.807, 2.05) is 0 Å². The minimum atomic E-state index is -0.393. The predicted molar refractivity (Wildman–Crippen MR) is 84.8 cm³/mol. The van der Waals surface area contributed by atoms with Crippen LogP contribution < -0.4 is 16.0 Å². The van der Waals surface area contributed by atoms with E-state index in [2.05, 4.69) is 16.0 Å². The molecule has 2 rings (SSSR count). The average molecular weight is 304 g/mol. The molecule has 0 saturated heterocycles. The fraction of sp³-hybridized carbons (Fsp3) is 0.0667. The molecule has 108 valence electrons. The van der Waals surface area contributed by atoms with Crippen LogP contribution in [0.15, 0.2) is 48.5 Å². The number of para-hydroxylation sites is 1. The molecule has 0 saturated carbocycles. The summed E-state index contributed by atoms with van der Waals surface area (Å²) in [5, 5.41) is 8.44. The second-order valence-electron chi connectivity index (χ2n) is 4.32. The molecule has 0 unspecified atom stereocenters. The molecule has 0 aliphatic heterocycles. The summed E-state index contributed by atoms with van der Waals surface area (Å²) < 4.78 is 0. The SMILES string of the molecule is CC(=O)Nc1ccc(NC(=O)Nc2ccccc2Cl)cc1. The summed E-state index contributed by atoms with van der Waals surface area (Å²) in [6, 6.07) is 13.4. The maximum absolute atomic E-state index is 11.8. The molecular weight excluding hydrogens is 290 g/mol. The molecule has 3 amide bonds. The van der Waals surface area contributed by atoms with Crippen LogP contribution in [0.25, 0.3) is 0 Å². The Morgan fingerprint density at radius 3 is 2.00 bits per heavy atom. The largest absolute Gasteiger partial charge is 0.326 e. The standard InChI is InChI=1S/C15H14ClN3O2/c1-10(20)17-11-6-8-12(9-7-11)18-15(21)19-14-5-3-2-4-13(14)16/h2-9H,1H3,(H,17,20)(H2,18,19,21). The summed E-state index contributed by atoms with van der Waals surface area (Å²) in [7, 11) is 0. The number of anilines is 3. The van der Waals surface area contributed by atoms with E-state index in [-0.39, 0.29) is 5.91 Å². The Labute approximate surface area is 127 Å². The zero-order valence-corrected chi connectivity index (χ0v) is 12.1. The molecule has 6 heteroatoms. The van der Waals surface area contributed by atoms with E-state index in [0.29, 0.717) is 22.1 Å². The van der Waals surface area contributed by atoms with Crippen LogP contribution in [-0.2, 0) is 4.79 Å². The van der Waals surface area contributed by atoms with Gasteiger partial charge in [0.2, 0.25) is 5.91 Å². The molecule has 0 fully saturated rings. The van der Waals surface area contributed by atoms with Crippen LogP contribution in [0.2, 0.25) is 5.02 Å². The minimum absolute atomic E-state index is 0.146. The van der Waals surface area contributed by atoms with Gasteiger partial charge in [-0.3, -0.25) is 4.79 Å². The van der Waals surface area contributed by atoms with Crippen molar-refractivity contribution in [1.29, 1.82) is 0 Å². The second kappa shape index (κ2) is 6.76. The highest BCUT2D eigenvalue weighted by Gasteiger charge is 2.05. The van der Waals surface area contributed by atoms with Gasteiger partial charge in [-0.2, -0.15) is 0 Å². The number of nitrogens with one attached hydrogen (secondary N) is 3. The highest BCUT2D eigenvalue weighted by molar-refractivity contribution is 6.33. The Kier molecular flexibility index (Phi) is 4.79. The fourth-order valence-electron chi connectivity index (χ4n) is 1.69. The van der Waals surface area contributed by atoms with Gasteiger partial charge in [-0.25, -0.2) is 4.79 Å². The number of halogens is 1. The van der Waals surface area contributed by atoms with Gasteiger partial charge in [0.05, 0.1) is 10.7 Å². The lowest BCUT2D eigenvalue weighted by molar-refractivity contribution is -0.114. The van der Waals surface area contributed by atoms with Crippen molar-refractivity contribution in [2.75, 3.05) is 16.0 Å². The number of hydrogen-bond acceptors (Lipinski definition) is 2. The number of hydrogen-bond donors (Lipinski definition) is 3. The van der Waals surface area contributed by atoms with Crippen molar-refractivity contribution in [3.63, 3.8) is 0 Å². The third kappa shape index (κ3) is 4.50. The number of rotatable bonds is 3. The summed E-state index contributed by atoms with van der Waals surface area (Å²) in [5.41, 5.74) is 1.81. The molecule has 0 aliphatic rings. The minimum Gasteiger partial charge on any atom is -0.326 e. The molecule has 5 nitrogen and oxygen atoms in total. The number of urea groups is 1. The lowest BCUT2D eigenvalue weighted by Crippen LogP contribution is -2.19. The van der Waals surface area contributed by atoms with Crippen molar-refractivity contribution >= 4 is 40.6 Å². The Hall–Kier alpha value is -2.53. The third-order valence-corrected chi connectivity index (χ3v) is 2.91. The van der Waals surface area contributed by atoms with Crippen LogP contribution in [0, 0.1) is 0 Å². The van der Waals surface area contributed by atoms with Crippen LogP contribution >= 0.6 is 11.6 Å². The van der Waals surface area contributed by atoms with Crippen LogP contribution in [0.1, 0.15) is 6.92 Å². The first-order chi connectivity index (χ1) is 10.0. The van der Waals surface area contributed by atoms with E-state index >= 15 is 0 Å². The summed E-state index contributed by atoms with van der Waals surface area (Å²) in [4.78, 5) is 22.8. The molecular formula is C15H14ClN3O2. The topological polar surface area (TPSA) is 70.2 Å². The zero-order chi connectivity index (χ0) is 15.2. The molecule has 21 heavy (non-hydrogen) atoms. The molecule has 0 aliphatic carbocycles. The molecule has 0 aromatic heterocycles. The summed E-state index contributed by atoms with van der Waals surface area (Å²) >= 11 is 5.96. The Bertz CT molecular complexity index is 656. The smallest absolute Gasteiger partial charge is 0.323 e. The molecule has 0 heterocycles. The van der Waals surface area contributed by atoms with Crippen molar-refractivity contribution < 1.29 is 9.59 Å². The summed E-state index contributed by atoms with van der Waals surface area (Å²) in [6.45, 7) is 1.43. The second-order valence-corrected chi connectivity index (χ2v) is 4.72. The Morgan fingerprint density at radius 1 is 0.857 bits per heavy atom. The highest BCUT2D eigenvalue weighted by atomic mass is 35.5. The summed E-state index contributed by atoms with van der Waals surface area (Å²) in [6.07, 6.45) is 0. The van der Waals surface area contributed by atoms with Crippen molar-refractivity contribution in [3.8, 4) is 0 Å². The molecule has 2 aromatic rings. The maximum atomic E-state index is 11.8. The highest BCUT2D eigenvalue weighted by Crippen LogP contribution is 2.21. The molecule has 3 N–H and O–H groups in total. The van der Waals surface area contributed by atoms with E-state index in [0.717, 1.165) is 0 Å². The van der Waals surface area contributed by atoms with Gasteiger partial charge >= 0.3 is 6.03 Å². The monoisotopic (exact) mass is 303 g/mol. The van der Waals surface area contributed by atoms with Gasteiger partial charge in [0.1, 0.15) is 0 Å². The first kappa shape index (κ1) is 14.9. The molecule has 2 aromatic carbocycles. The van der Waals surface area contributed by atoms with E-state index in [1.54, 1.807) is 48.5 Å². The molecule has 0 spiro atoms. The van der Waals surface area contributed by atoms with Gasteiger partial charge in [-0.15, -0.1) is 0 Å². The average Bonchev–Trinajstić information content (AvgIpc) is 2.43. The number of carbonyl (C=O) groups excluding carboxylic acids is 2. The lowest BCUT2D eigenvalue weighted by Gasteiger charge is -2.09. The maximum Gasteiger partial charge on any atom is 0.323 e. The van der Waals surface area contributed by atoms with Crippen LogP contribution in [0.3, 0.4) is 0 Å². The quantitative estimate of drug-likeness (QED) is 0.803. The van der Waals surface area contributed by atoms with Gasteiger partial charge in [0.15, 0.2) is 0 Å². The van der Waals surface area contributed by atoms with Gasteiger partial charge in [0, 0.05) is 18.3 Å². The normalized spacial score (nSPS) is 9.81. The van der Waals surface area contributed by atoms with E-state index in [4.69, 9.17) is 11.6 Å². The predicted octanol–water partition coefficient (Wildman–Crippen LogP) is 3.94. The van der Waals surface area contributed by atoms with E-state index in [1.165, 1.54) is 6.92 Å². The van der Waals surface area contributed by atoms with E-state index in [9.17, 15) is 9.59 Å². The number of carbonyl (C=O) groups is 2. The lowest BCUT2D eigenvalue weighted by atomic mass is 10.3. The van der Waals surface area contributed by atoms with Gasteiger partial charge in [0.25, 0.3) is 0 Å².